The average molecular weight is 349 g/mol. The highest BCUT2D eigenvalue weighted by molar-refractivity contribution is 6.62. The molecule has 4 aliphatic rings. The highest BCUT2D eigenvalue weighted by atomic mass is 19.4. The number of halogens is 3. The first kappa shape index (κ1) is 17.9. The van der Waals surface area contributed by atoms with Gasteiger partial charge in [-0.2, -0.15) is 0 Å². The Morgan fingerprint density at radius 1 is 1.17 bits per heavy atom. The SMILES string of the molecule is CC(C)(C)OC(=O)N1CCN(CC23CC([B-](F)(F)F)(CO2)C3)CC1. The van der Waals surface area contributed by atoms with Gasteiger partial charge >= 0.3 is 13.1 Å². The van der Waals surface area contributed by atoms with Crippen LogP contribution in [0.3, 0.4) is 0 Å². The van der Waals surface area contributed by atoms with Crippen molar-refractivity contribution in [2.24, 2.45) is 0 Å². The molecule has 0 aromatic carbocycles. The lowest BCUT2D eigenvalue weighted by Gasteiger charge is -2.52. The van der Waals surface area contributed by atoms with Crippen LogP contribution < -0.4 is 0 Å². The summed E-state index contributed by atoms with van der Waals surface area (Å²) in [6, 6.07) is 0. The summed E-state index contributed by atoms with van der Waals surface area (Å²) in [7, 11) is 0. The normalized spacial score (nSPS) is 34.2. The first-order chi connectivity index (χ1) is 10.9. The average Bonchev–Trinajstić information content (AvgIpc) is 2.93. The number of piperazine rings is 1. The Morgan fingerprint density at radius 3 is 2.21 bits per heavy atom. The summed E-state index contributed by atoms with van der Waals surface area (Å²) < 4.78 is 50.2. The molecule has 4 fully saturated rings. The first-order valence-electron chi connectivity index (χ1n) is 8.47. The molecule has 3 saturated heterocycles. The highest BCUT2D eigenvalue weighted by Gasteiger charge is 2.69. The molecule has 1 saturated carbocycles. The Bertz CT molecular complexity index is 507. The maximum absolute atomic E-state index is 13.1. The molecule has 24 heavy (non-hydrogen) atoms. The van der Waals surface area contributed by atoms with Gasteiger partial charge in [-0.05, 0) is 38.9 Å². The molecule has 0 aromatic rings. The maximum atomic E-state index is 13.1. The van der Waals surface area contributed by atoms with Crippen LogP contribution in [0.25, 0.3) is 0 Å². The van der Waals surface area contributed by atoms with E-state index in [1.807, 2.05) is 20.8 Å². The van der Waals surface area contributed by atoms with E-state index in [1.165, 1.54) is 0 Å². The van der Waals surface area contributed by atoms with Crippen LogP contribution in [0.15, 0.2) is 0 Å². The number of hydrogen-bond donors (Lipinski definition) is 0. The van der Waals surface area contributed by atoms with Gasteiger partial charge in [0, 0.05) is 39.3 Å². The van der Waals surface area contributed by atoms with Gasteiger partial charge < -0.3 is 27.3 Å². The van der Waals surface area contributed by atoms with Crippen LogP contribution in [0.5, 0.6) is 0 Å². The molecule has 2 bridgehead atoms. The molecule has 0 unspecified atom stereocenters. The fourth-order valence-corrected chi connectivity index (χ4v) is 4.04. The van der Waals surface area contributed by atoms with E-state index in [9.17, 15) is 17.7 Å². The van der Waals surface area contributed by atoms with E-state index in [4.69, 9.17) is 9.47 Å². The monoisotopic (exact) mass is 349 g/mol. The van der Waals surface area contributed by atoms with E-state index in [0.29, 0.717) is 32.7 Å². The third kappa shape index (κ3) is 3.25. The van der Waals surface area contributed by atoms with Gasteiger partial charge in [-0.25, -0.2) is 4.79 Å². The maximum Gasteiger partial charge on any atom is 0.486 e. The smallest absolute Gasteiger partial charge is 0.448 e. The fraction of sp³-hybridized carbons (Fsp3) is 0.933. The van der Waals surface area contributed by atoms with Crippen LogP contribution in [0.4, 0.5) is 17.7 Å². The summed E-state index contributed by atoms with van der Waals surface area (Å²) in [5.41, 5.74) is -1.16. The third-order valence-corrected chi connectivity index (χ3v) is 5.24. The Morgan fingerprint density at radius 2 is 1.75 bits per heavy atom. The molecule has 0 aromatic heterocycles. The molecule has 5 nitrogen and oxygen atoms in total. The number of carbonyl (C=O) groups excluding carboxylic acids is 1. The van der Waals surface area contributed by atoms with E-state index in [2.05, 4.69) is 4.90 Å². The van der Waals surface area contributed by atoms with Crippen molar-refractivity contribution in [1.29, 1.82) is 0 Å². The van der Waals surface area contributed by atoms with E-state index < -0.39 is 23.5 Å². The third-order valence-electron chi connectivity index (χ3n) is 5.24. The molecule has 138 valence electrons. The minimum atomic E-state index is -4.84. The van der Waals surface area contributed by atoms with Gasteiger partial charge in [-0.1, -0.05) is 0 Å². The molecule has 1 amide bonds. The largest absolute Gasteiger partial charge is 0.486 e. The van der Waals surface area contributed by atoms with Crippen LogP contribution in [-0.4, -0.2) is 73.4 Å². The molecule has 0 N–H and O–H groups in total. The van der Waals surface area contributed by atoms with Crippen molar-refractivity contribution in [2.45, 2.75) is 50.1 Å². The molecule has 1 aliphatic carbocycles. The number of rotatable bonds is 3. The Kier molecular flexibility index (Phi) is 4.11. The topological polar surface area (TPSA) is 42.0 Å². The van der Waals surface area contributed by atoms with Crippen LogP contribution in [0.2, 0.25) is 5.31 Å². The summed E-state index contributed by atoms with van der Waals surface area (Å²) in [5, 5.41) is -1.56. The van der Waals surface area contributed by atoms with Crippen LogP contribution in [-0.2, 0) is 9.47 Å². The van der Waals surface area contributed by atoms with Gasteiger partial charge in [0.05, 0.1) is 5.60 Å². The van der Waals surface area contributed by atoms with E-state index in [1.54, 1.807) is 4.90 Å². The Balaban J connectivity index is 1.47. The van der Waals surface area contributed by atoms with Crippen LogP contribution in [0.1, 0.15) is 33.6 Å². The number of carbonyl (C=O) groups is 1. The number of nitrogens with zero attached hydrogens (tertiary/aromatic N) is 2. The van der Waals surface area contributed by atoms with Gasteiger partial charge in [0.25, 0.3) is 0 Å². The van der Waals surface area contributed by atoms with E-state index >= 15 is 0 Å². The van der Waals surface area contributed by atoms with Gasteiger partial charge in [0.2, 0.25) is 0 Å². The molecule has 0 spiro atoms. The standard InChI is InChI=1S/C15H25BF3N2O3/c1-13(2,3)24-12(22)21-6-4-20(5-7-21)10-15-8-14(9-15,11-23-15)16(17,18)19/h4-11H2,1-3H3/q-1. The quantitative estimate of drug-likeness (QED) is 0.735. The fourth-order valence-electron chi connectivity index (χ4n) is 4.04. The highest BCUT2D eigenvalue weighted by Crippen LogP contribution is 2.68. The van der Waals surface area contributed by atoms with Crippen LogP contribution >= 0.6 is 0 Å². The summed E-state index contributed by atoms with van der Waals surface area (Å²) >= 11 is 0. The summed E-state index contributed by atoms with van der Waals surface area (Å²) in [6.07, 6.45) is -0.147. The molecule has 3 aliphatic heterocycles. The second-order valence-corrected chi connectivity index (χ2v) is 8.51. The minimum Gasteiger partial charge on any atom is -0.448 e. The Hall–Kier alpha value is -0.955. The molecular formula is C15H25BF3N2O3-. The van der Waals surface area contributed by atoms with Crippen molar-refractivity contribution in [3.8, 4) is 0 Å². The molecule has 0 radical (unpaired) electrons. The zero-order valence-corrected chi connectivity index (χ0v) is 14.5. The zero-order valence-electron chi connectivity index (χ0n) is 14.5. The predicted octanol–water partition coefficient (Wildman–Crippen LogP) is 2.69. The molecule has 0 atom stereocenters. The van der Waals surface area contributed by atoms with Crippen molar-refractivity contribution in [3.63, 3.8) is 0 Å². The number of amides is 1. The molecule has 9 heteroatoms. The van der Waals surface area contributed by atoms with Crippen molar-refractivity contribution in [1.82, 2.24) is 9.80 Å². The second-order valence-electron chi connectivity index (χ2n) is 8.51. The molecule has 3 heterocycles. The van der Waals surface area contributed by atoms with E-state index in [0.717, 1.165) is 0 Å². The zero-order chi connectivity index (χ0) is 17.8. The lowest BCUT2D eigenvalue weighted by molar-refractivity contribution is -0.0405. The lowest BCUT2D eigenvalue weighted by atomic mass is 9.44. The van der Waals surface area contributed by atoms with Crippen LogP contribution in [0, 0.1) is 0 Å². The second kappa shape index (κ2) is 5.52. The Labute approximate surface area is 140 Å². The van der Waals surface area contributed by atoms with Crippen molar-refractivity contribution in [3.05, 3.63) is 0 Å². The van der Waals surface area contributed by atoms with Crippen molar-refractivity contribution < 1.29 is 27.2 Å². The molecular weight excluding hydrogens is 324 g/mol. The van der Waals surface area contributed by atoms with Crippen molar-refractivity contribution in [2.75, 3.05) is 39.3 Å². The summed E-state index contributed by atoms with van der Waals surface area (Å²) in [5.74, 6) is 0. The first-order valence-corrected chi connectivity index (χ1v) is 8.47. The lowest BCUT2D eigenvalue weighted by Crippen LogP contribution is -2.58. The van der Waals surface area contributed by atoms with E-state index in [-0.39, 0.29) is 25.5 Å². The summed E-state index contributed by atoms with van der Waals surface area (Å²) in [6.45, 7) is 3.27. The number of ether oxygens (including phenoxy) is 2. The van der Waals surface area contributed by atoms with Gasteiger partial charge in [0.15, 0.2) is 0 Å². The number of fused-ring (bicyclic) bond motifs is 1. The van der Waals surface area contributed by atoms with Gasteiger partial charge in [-0.15, -0.1) is 0 Å². The molecule has 4 rings (SSSR count). The summed E-state index contributed by atoms with van der Waals surface area (Å²) in [4.78, 5) is 15.8. The predicted molar refractivity (Wildman–Crippen MR) is 83.9 cm³/mol. The minimum absolute atomic E-state index is 0.0930. The number of hydrogen-bond acceptors (Lipinski definition) is 4. The van der Waals surface area contributed by atoms with Gasteiger partial charge in [-0.3, -0.25) is 4.90 Å². The van der Waals surface area contributed by atoms with Gasteiger partial charge in [0.1, 0.15) is 5.60 Å². The van der Waals surface area contributed by atoms with Crippen molar-refractivity contribution >= 4 is 13.1 Å².